The van der Waals surface area contributed by atoms with Gasteiger partial charge in [-0.3, -0.25) is 9.59 Å². The molecule has 0 saturated carbocycles. The minimum Gasteiger partial charge on any atom is -0.493 e. The monoisotopic (exact) mass is 404 g/mol. The summed E-state index contributed by atoms with van der Waals surface area (Å²) in [5, 5.41) is 2.65. The summed E-state index contributed by atoms with van der Waals surface area (Å²) in [6.07, 6.45) is 0.0973. The average Bonchev–Trinajstić information content (AvgIpc) is 3.11. The van der Waals surface area contributed by atoms with Crippen molar-refractivity contribution in [2.45, 2.75) is 23.8 Å². The summed E-state index contributed by atoms with van der Waals surface area (Å²) in [7, 11) is -1.16. The zero-order valence-corrected chi connectivity index (χ0v) is 16.2. The van der Waals surface area contributed by atoms with Crippen molar-refractivity contribution in [2.24, 2.45) is 0 Å². The van der Waals surface area contributed by atoms with Gasteiger partial charge < -0.3 is 14.8 Å². The maximum atomic E-state index is 12.9. The zero-order valence-electron chi connectivity index (χ0n) is 15.4. The van der Waals surface area contributed by atoms with Crippen LogP contribution in [0.3, 0.4) is 0 Å². The number of nitrogens with one attached hydrogen (secondary N) is 1. The summed E-state index contributed by atoms with van der Waals surface area (Å²) in [4.78, 5) is 25.0. The first-order valence-electron chi connectivity index (χ1n) is 8.53. The molecule has 2 amide bonds. The molecular formula is C19H20N2O6S. The van der Waals surface area contributed by atoms with Crippen molar-refractivity contribution >= 4 is 27.5 Å². The lowest BCUT2D eigenvalue weighted by Gasteiger charge is -2.23. The van der Waals surface area contributed by atoms with Crippen molar-refractivity contribution in [3.05, 3.63) is 48.5 Å². The van der Waals surface area contributed by atoms with E-state index in [1.54, 1.807) is 36.4 Å². The Kier molecular flexibility index (Phi) is 5.55. The number of anilines is 1. The number of hydrogen-bond donors (Lipinski definition) is 1. The summed E-state index contributed by atoms with van der Waals surface area (Å²) < 4.78 is 36.8. The molecule has 1 atom stereocenters. The highest BCUT2D eigenvalue weighted by Crippen LogP contribution is 2.31. The van der Waals surface area contributed by atoms with E-state index in [-0.39, 0.29) is 17.7 Å². The van der Waals surface area contributed by atoms with E-state index in [9.17, 15) is 18.0 Å². The van der Waals surface area contributed by atoms with Crippen LogP contribution in [-0.2, 0) is 19.6 Å². The van der Waals surface area contributed by atoms with Crippen LogP contribution in [0.15, 0.2) is 53.4 Å². The number of carbonyl (C=O) groups is 2. The van der Waals surface area contributed by atoms with Crippen LogP contribution in [0.5, 0.6) is 11.5 Å². The molecule has 1 heterocycles. The molecule has 3 rings (SSSR count). The van der Waals surface area contributed by atoms with Gasteiger partial charge in [-0.15, -0.1) is 0 Å². The van der Waals surface area contributed by atoms with Gasteiger partial charge >= 0.3 is 0 Å². The Morgan fingerprint density at radius 3 is 2.39 bits per heavy atom. The molecule has 0 aromatic heterocycles. The average molecular weight is 404 g/mol. The molecule has 0 spiro atoms. The molecule has 2 aromatic rings. The van der Waals surface area contributed by atoms with Gasteiger partial charge in [0.15, 0.2) is 11.5 Å². The standard InChI is InChI=1S/C19H20N2O6S/c1-26-16-10-8-13(12-17(16)27-2)20-19(23)15-9-11-18(22)21(15)28(24,25)14-6-4-3-5-7-14/h3-8,10,12,15H,9,11H2,1-2H3,(H,20,23)/t15-/m1/s1. The molecule has 0 unspecified atom stereocenters. The number of sulfonamides is 1. The topological polar surface area (TPSA) is 102 Å². The highest BCUT2D eigenvalue weighted by atomic mass is 32.2. The van der Waals surface area contributed by atoms with E-state index in [4.69, 9.17) is 9.47 Å². The predicted octanol–water partition coefficient (Wildman–Crippen LogP) is 2.02. The SMILES string of the molecule is COc1ccc(NC(=O)[C@H]2CCC(=O)N2S(=O)(=O)c2ccccc2)cc1OC. The van der Waals surface area contributed by atoms with Gasteiger partial charge in [-0.2, -0.15) is 0 Å². The Morgan fingerprint density at radius 2 is 1.75 bits per heavy atom. The molecular weight excluding hydrogens is 384 g/mol. The van der Waals surface area contributed by atoms with E-state index < -0.39 is 27.9 Å². The number of carbonyl (C=O) groups excluding carboxylic acids is 2. The number of ether oxygens (including phenoxy) is 2. The van der Waals surface area contributed by atoms with E-state index in [1.165, 1.54) is 26.4 Å². The summed E-state index contributed by atoms with van der Waals surface area (Å²) in [5.41, 5.74) is 0.402. The maximum Gasteiger partial charge on any atom is 0.267 e. The van der Waals surface area contributed by atoms with Crippen LogP contribution in [0.1, 0.15) is 12.8 Å². The van der Waals surface area contributed by atoms with Crippen LogP contribution in [0.2, 0.25) is 0 Å². The molecule has 1 N–H and O–H groups in total. The molecule has 2 aromatic carbocycles. The molecule has 0 radical (unpaired) electrons. The van der Waals surface area contributed by atoms with Crippen LogP contribution in [0.25, 0.3) is 0 Å². The Bertz CT molecular complexity index is 991. The van der Waals surface area contributed by atoms with E-state index in [2.05, 4.69) is 5.32 Å². The van der Waals surface area contributed by atoms with Crippen LogP contribution in [0, 0.1) is 0 Å². The van der Waals surface area contributed by atoms with E-state index in [1.807, 2.05) is 0 Å². The molecule has 1 fully saturated rings. The third-order valence-electron chi connectivity index (χ3n) is 4.41. The molecule has 1 aliphatic heterocycles. The van der Waals surface area contributed by atoms with Crippen LogP contribution in [-0.4, -0.2) is 44.8 Å². The van der Waals surface area contributed by atoms with Gasteiger partial charge in [0, 0.05) is 18.2 Å². The van der Waals surface area contributed by atoms with Crippen LogP contribution in [0.4, 0.5) is 5.69 Å². The molecule has 28 heavy (non-hydrogen) atoms. The molecule has 9 heteroatoms. The van der Waals surface area contributed by atoms with Gasteiger partial charge in [-0.25, -0.2) is 12.7 Å². The van der Waals surface area contributed by atoms with E-state index >= 15 is 0 Å². The lowest BCUT2D eigenvalue weighted by Crippen LogP contribution is -2.45. The quantitative estimate of drug-likeness (QED) is 0.790. The van der Waals surface area contributed by atoms with Crippen molar-refractivity contribution in [3.8, 4) is 11.5 Å². The van der Waals surface area contributed by atoms with E-state index in [0.717, 1.165) is 0 Å². The third kappa shape index (κ3) is 3.65. The third-order valence-corrected chi connectivity index (χ3v) is 6.26. The number of rotatable bonds is 6. The highest BCUT2D eigenvalue weighted by molar-refractivity contribution is 7.89. The Labute approximate surface area is 163 Å². The second-order valence-electron chi connectivity index (χ2n) is 6.12. The smallest absolute Gasteiger partial charge is 0.267 e. The number of amides is 2. The molecule has 0 aliphatic carbocycles. The van der Waals surface area contributed by atoms with Crippen molar-refractivity contribution in [1.82, 2.24) is 4.31 Å². The number of benzene rings is 2. The summed E-state index contributed by atoms with van der Waals surface area (Å²) >= 11 is 0. The first-order valence-corrected chi connectivity index (χ1v) is 9.97. The van der Waals surface area contributed by atoms with Gasteiger partial charge in [0.25, 0.3) is 10.0 Å². The first-order chi connectivity index (χ1) is 13.4. The fraction of sp³-hybridized carbons (Fsp3) is 0.263. The lowest BCUT2D eigenvalue weighted by atomic mass is 10.2. The fourth-order valence-electron chi connectivity index (χ4n) is 3.05. The van der Waals surface area contributed by atoms with Gasteiger partial charge in [0.2, 0.25) is 11.8 Å². The van der Waals surface area contributed by atoms with Crippen LogP contribution < -0.4 is 14.8 Å². The van der Waals surface area contributed by atoms with E-state index in [0.29, 0.717) is 21.5 Å². The molecule has 0 bridgehead atoms. The molecule has 1 aliphatic rings. The molecule has 148 valence electrons. The molecule has 8 nitrogen and oxygen atoms in total. The van der Waals surface area contributed by atoms with Crippen molar-refractivity contribution in [2.75, 3.05) is 19.5 Å². The van der Waals surface area contributed by atoms with Gasteiger partial charge in [-0.05, 0) is 30.7 Å². The van der Waals surface area contributed by atoms with Gasteiger partial charge in [0.05, 0.1) is 19.1 Å². The van der Waals surface area contributed by atoms with Gasteiger partial charge in [0.1, 0.15) is 6.04 Å². The van der Waals surface area contributed by atoms with Crippen LogP contribution >= 0.6 is 0 Å². The highest BCUT2D eigenvalue weighted by Gasteiger charge is 2.44. The normalized spacial score (nSPS) is 16.7. The molecule has 1 saturated heterocycles. The second kappa shape index (κ2) is 7.89. The van der Waals surface area contributed by atoms with Crippen molar-refractivity contribution in [1.29, 1.82) is 0 Å². The Balaban J connectivity index is 1.86. The fourth-order valence-corrected chi connectivity index (χ4v) is 4.67. The summed E-state index contributed by atoms with van der Waals surface area (Å²) in [6.45, 7) is 0. The number of methoxy groups -OCH3 is 2. The lowest BCUT2D eigenvalue weighted by molar-refractivity contribution is -0.128. The van der Waals surface area contributed by atoms with Crippen molar-refractivity contribution < 1.29 is 27.5 Å². The minimum absolute atomic E-state index is 0.0178. The largest absolute Gasteiger partial charge is 0.493 e. The Morgan fingerprint density at radius 1 is 1.07 bits per heavy atom. The predicted molar refractivity (Wildman–Crippen MR) is 102 cm³/mol. The minimum atomic E-state index is -4.12. The summed E-state index contributed by atoms with van der Waals surface area (Å²) in [5.74, 6) is -0.282. The maximum absolute atomic E-state index is 12.9. The second-order valence-corrected chi connectivity index (χ2v) is 7.94. The summed E-state index contributed by atoms with van der Waals surface area (Å²) in [6, 6.07) is 11.2. The first kappa shape index (κ1) is 19.7. The Hall–Kier alpha value is -3.07. The number of hydrogen-bond acceptors (Lipinski definition) is 6. The zero-order chi connectivity index (χ0) is 20.3. The number of nitrogens with zero attached hydrogens (tertiary/aromatic N) is 1. The van der Waals surface area contributed by atoms with Gasteiger partial charge in [-0.1, -0.05) is 18.2 Å². The van der Waals surface area contributed by atoms with Crippen molar-refractivity contribution in [3.63, 3.8) is 0 Å².